The maximum Gasteiger partial charge on any atom is 0.153 e. The van der Waals surface area contributed by atoms with Gasteiger partial charge >= 0.3 is 0 Å². The minimum atomic E-state index is 0.781. The summed E-state index contributed by atoms with van der Waals surface area (Å²) in [5, 5.41) is 7.17. The second-order valence-electron chi connectivity index (χ2n) is 11.6. The first-order valence-corrected chi connectivity index (χ1v) is 15.5. The van der Waals surface area contributed by atoms with Crippen molar-refractivity contribution in [3.63, 3.8) is 0 Å². The fraction of sp³-hybridized carbons (Fsp3) is 0. The number of furan rings is 1. The van der Waals surface area contributed by atoms with E-state index in [1.165, 1.54) is 43.8 Å². The van der Waals surface area contributed by atoms with Crippen LogP contribution in [0.15, 0.2) is 175 Å². The lowest BCUT2D eigenvalue weighted by Crippen LogP contribution is -2.10. The van der Waals surface area contributed by atoms with Crippen LogP contribution in [-0.4, -0.2) is 4.98 Å². The van der Waals surface area contributed by atoms with Crippen molar-refractivity contribution < 1.29 is 4.42 Å². The van der Waals surface area contributed by atoms with E-state index in [1.807, 2.05) is 18.3 Å². The SMILES string of the molecule is c1ccc(-c2ccc(N(c3ccc(-c4ccc5ccc6ccccc6c5c4)cc3)c3cccc4oc5cnccc5c34)cc2)cc1. The van der Waals surface area contributed by atoms with Gasteiger partial charge in [0.1, 0.15) is 5.58 Å². The van der Waals surface area contributed by atoms with Crippen molar-refractivity contribution in [2.24, 2.45) is 0 Å². The maximum atomic E-state index is 6.25. The molecule has 0 aliphatic rings. The van der Waals surface area contributed by atoms with Crippen molar-refractivity contribution in [2.75, 3.05) is 4.90 Å². The zero-order chi connectivity index (χ0) is 30.5. The van der Waals surface area contributed by atoms with Crippen LogP contribution in [0.5, 0.6) is 0 Å². The first kappa shape index (κ1) is 26.2. The molecule has 0 atom stereocenters. The van der Waals surface area contributed by atoms with Crippen LogP contribution in [0, 0.1) is 0 Å². The zero-order valence-electron chi connectivity index (χ0n) is 25.0. The molecular weight excluding hydrogens is 560 g/mol. The Bertz CT molecular complexity index is 2510. The molecule has 2 aromatic heterocycles. The van der Waals surface area contributed by atoms with Crippen LogP contribution >= 0.6 is 0 Å². The molecule has 2 heterocycles. The van der Waals surface area contributed by atoms with E-state index >= 15 is 0 Å². The van der Waals surface area contributed by atoms with E-state index in [9.17, 15) is 0 Å². The third-order valence-electron chi connectivity index (χ3n) is 8.96. The highest BCUT2D eigenvalue weighted by atomic mass is 16.3. The molecule has 9 rings (SSSR count). The molecule has 0 fully saturated rings. The van der Waals surface area contributed by atoms with E-state index in [-0.39, 0.29) is 0 Å². The molecule has 0 N–H and O–H groups in total. The molecule has 0 spiro atoms. The molecule has 46 heavy (non-hydrogen) atoms. The normalized spacial score (nSPS) is 11.5. The summed E-state index contributed by atoms with van der Waals surface area (Å²) in [6, 6.07) is 56.3. The minimum absolute atomic E-state index is 0.781. The van der Waals surface area contributed by atoms with Crippen LogP contribution < -0.4 is 4.90 Å². The van der Waals surface area contributed by atoms with Crippen molar-refractivity contribution in [2.45, 2.75) is 0 Å². The number of fused-ring (bicyclic) bond motifs is 6. The Labute approximate surface area is 266 Å². The number of hydrogen-bond donors (Lipinski definition) is 0. The first-order chi connectivity index (χ1) is 22.8. The van der Waals surface area contributed by atoms with Gasteiger partial charge < -0.3 is 9.32 Å². The second kappa shape index (κ2) is 10.8. The zero-order valence-corrected chi connectivity index (χ0v) is 25.0. The molecule has 3 nitrogen and oxygen atoms in total. The van der Waals surface area contributed by atoms with E-state index in [0.717, 1.165) is 39.0 Å². The Morgan fingerprint density at radius 3 is 1.85 bits per heavy atom. The van der Waals surface area contributed by atoms with Crippen molar-refractivity contribution in [1.29, 1.82) is 0 Å². The van der Waals surface area contributed by atoms with Gasteiger partial charge in [0, 0.05) is 23.0 Å². The third-order valence-corrected chi connectivity index (χ3v) is 8.96. The molecule has 9 aromatic rings. The molecule has 0 unspecified atom stereocenters. The van der Waals surface area contributed by atoms with Gasteiger partial charge in [-0.2, -0.15) is 0 Å². The summed E-state index contributed by atoms with van der Waals surface area (Å²) in [5.74, 6) is 0. The van der Waals surface area contributed by atoms with Crippen LogP contribution in [0.2, 0.25) is 0 Å². The number of aromatic nitrogens is 1. The average molecular weight is 589 g/mol. The van der Waals surface area contributed by atoms with Crippen molar-refractivity contribution >= 4 is 60.5 Å². The van der Waals surface area contributed by atoms with Crippen molar-refractivity contribution in [3.05, 3.63) is 170 Å². The van der Waals surface area contributed by atoms with Gasteiger partial charge in [-0.25, -0.2) is 0 Å². The van der Waals surface area contributed by atoms with Gasteiger partial charge in [0.15, 0.2) is 5.58 Å². The molecule has 7 aromatic carbocycles. The summed E-state index contributed by atoms with van der Waals surface area (Å²) in [6.45, 7) is 0. The Morgan fingerprint density at radius 2 is 1.07 bits per heavy atom. The number of nitrogens with zero attached hydrogens (tertiary/aromatic N) is 2. The molecule has 3 heteroatoms. The monoisotopic (exact) mass is 588 g/mol. The van der Waals surface area contributed by atoms with E-state index in [2.05, 4.69) is 155 Å². The van der Waals surface area contributed by atoms with Crippen molar-refractivity contribution in [1.82, 2.24) is 4.98 Å². The Balaban J connectivity index is 1.18. The largest absolute Gasteiger partial charge is 0.454 e. The highest BCUT2D eigenvalue weighted by Crippen LogP contribution is 2.43. The minimum Gasteiger partial charge on any atom is -0.454 e. The molecule has 0 aliphatic heterocycles. The van der Waals surface area contributed by atoms with Gasteiger partial charge in [-0.3, -0.25) is 4.98 Å². The maximum absolute atomic E-state index is 6.25. The van der Waals surface area contributed by atoms with Gasteiger partial charge in [0.05, 0.1) is 17.3 Å². The summed E-state index contributed by atoms with van der Waals surface area (Å²) in [6.07, 6.45) is 3.62. The van der Waals surface area contributed by atoms with Crippen LogP contribution in [0.4, 0.5) is 17.1 Å². The van der Waals surface area contributed by atoms with Crippen molar-refractivity contribution in [3.8, 4) is 22.3 Å². The number of anilines is 3. The fourth-order valence-electron chi connectivity index (χ4n) is 6.69. The number of pyridine rings is 1. The number of benzene rings is 7. The predicted molar refractivity (Wildman–Crippen MR) is 192 cm³/mol. The van der Waals surface area contributed by atoms with Crippen LogP contribution in [0.3, 0.4) is 0 Å². The van der Waals surface area contributed by atoms with Gasteiger partial charge in [-0.15, -0.1) is 0 Å². The summed E-state index contributed by atoms with van der Waals surface area (Å²) >= 11 is 0. The number of hydrogen-bond acceptors (Lipinski definition) is 3. The molecular formula is C43H28N2O. The standard InChI is InChI=1S/C43H28N2O/c1-2-7-29(8-3-1)30-17-21-35(22-18-30)45(40-11-6-12-41-43(40)38-25-26-44-28-42(38)46-41)36-23-19-31(20-24-36)34-16-15-33-14-13-32-9-4-5-10-37(32)39(33)27-34/h1-28H. The Hall–Kier alpha value is -6.19. The molecule has 216 valence electrons. The third kappa shape index (κ3) is 4.41. The highest BCUT2D eigenvalue weighted by Gasteiger charge is 2.19. The molecule has 0 radical (unpaired) electrons. The predicted octanol–water partition coefficient (Wildman–Crippen LogP) is 12.1. The second-order valence-corrected chi connectivity index (χ2v) is 11.6. The van der Waals surface area contributed by atoms with E-state index in [0.29, 0.717) is 0 Å². The summed E-state index contributed by atoms with van der Waals surface area (Å²) in [5.41, 5.74) is 9.57. The molecule has 0 bridgehead atoms. The topological polar surface area (TPSA) is 29.3 Å². The fourth-order valence-corrected chi connectivity index (χ4v) is 6.69. The lowest BCUT2D eigenvalue weighted by atomic mass is 9.97. The van der Waals surface area contributed by atoms with E-state index < -0.39 is 0 Å². The van der Waals surface area contributed by atoms with Crippen LogP contribution in [0.1, 0.15) is 0 Å². The lowest BCUT2D eigenvalue weighted by molar-refractivity contribution is 0.667. The van der Waals surface area contributed by atoms with Crippen LogP contribution in [0.25, 0.3) is 65.7 Å². The van der Waals surface area contributed by atoms with Crippen LogP contribution in [-0.2, 0) is 0 Å². The Morgan fingerprint density at radius 1 is 0.435 bits per heavy atom. The quantitative estimate of drug-likeness (QED) is 0.187. The first-order valence-electron chi connectivity index (χ1n) is 15.5. The average Bonchev–Trinajstić information content (AvgIpc) is 3.52. The smallest absolute Gasteiger partial charge is 0.153 e. The number of rotatable bonds is 5. The lowest BCUT2D eigenvalue weighted by Gasteiger charge is -2.26. The molecule has 0 saturated carbocycles. The summed E-state index contributed by atoms with van der Waals surface area (Å²) < 4.78 is 6.25. The van der Waals surface area contributed by atoms with Gasteiger partial charge in [-0.1, -0.05) is 109 Å². The highest BCUT2D eigenvalue weighted by molar-refractivity contribution is 6.13. The Kier molecular flexibility index (Phi) is 6.14. The van der Waals surface area contributed by atoms with E-state index in [4.69, 9.17) is 4.42 Å². The molecule has 0 saturated heterocycles. The van der Waals surface area contributed by atoms with Gasteiger partial charge in [0.2, 0.25) is 0 Å². The van der Waals surface area contributed by atoms with Gasteiger partial charge in [-0.05, 0) is 92.3 Å². The molecule has 0 aliphatic carbocycles. The van der Waals surface area contributed by atoms with Gasteiger partial charge in [0.25, 0.3) is 0 Å². The molecule has 0 amide bonds. The summed E-state index contributed by atoms with van der Waals surface area (Å²) in [7, 11) is 0. The summed E-state index contributed by atoms with van der Waals surface area (Å²) in [4.78, 5) is 6.63. The van der Waals surface area contributed by atoms with E-state index in [1.54, 1.807) is 6.20 Å².